The molecule has 0 saturated carbocycles. The van der Waals surface area contributed by atoms with Crippen molar-refractivity contribution in [1.29, 1.82) is 0 Å². The maximum atomic E-state index is 12.2. The molecule has 1 aromatic carbocycles. The predicted octanol–water partition coefficient (Wildman–Crippen LogP) is 1.93. The molecule has 2 fully saturated rings. The number of benzene rings is 1. The first-order valence-corrected chi connectivity index (χ1v) is 8.58. The summed E-state index contributed by atoms with van der Waals surface area (Å²) in [6, 6.07) is 5.61. The third-order valence-corrected chi connectivity index (χ3v) is 7.48. The molecule has 0 spiro atoms. The molecule has 0 radical (unpaired) electrons. The third-order valence-electron chi connectivity index (χ3n) is 4.82. The average Bonchev–Trinajstić information content (AvgIpc) is 2.59. The molecule has 110 valence electrons. The number of hydrogen-bond acceptors (Lipinski definition) is 4. The van der Waals surface area contributed by atoms with Crippen LogP contribution in [-0.4, -0.2) is 31.1 Å². The second kappa shape index (κ2) is 4.46. The number of sulfone groups is 1. The Hall–Kier alpha value is -1.07. The summed E-state index contributed by atoms with van der Waals surface area (Å²) in [7, 11) is -1.44. The Bertz CT molecular complexity index is 615. The lowest BCUT2D eigenvalue weighted by molar-refractivity contribution is 0.0165. The van der Waals surface area contributed by atoms with Gasteiger partial charge >= 0.3 is 0 Å². The van der Waals surface area contributed by atoms with E-state index in [0.717, 1.165) is 11.1 Å². The molecule has 5 heteroatoms. The van der Waals surface area contributed by atoms with Crippen molar-refractivity contribution in [2.45, 2.75) is 48.7 Å². The van der Waals surface area contributed by atoms with E-state index in [1.165, 1.54) is 0 Å². The van der Waals surface area contributed by atoms with Gasteiger partial charge in [0.25, 0.3) is 0 Å². The minimum atomic E-state index is -3.03. The smallest absolute Gasteiger partial charge is 0.156 e. The molecule has 4 nitrogen and oxygen atoms in total. The number of fused-ring (bicyclic) bond motifs is 2. The van der Waals surface area contributed by atoms with Crippen molar-refractivity contribution < 1.29 is 18.3 Å². The summed E-state index contributed by atoms with van der Waals surface area (Å²) in [5, 5.41) is 10.3. The van der Waals surface area contributed by atoms with Gasteiger partial charge in [0.15, 0.2) is 9.84 Å². The number of rotatable bonds is 2. The second-order valence-corrected chi connectivity index (χ2v) is 8.54. The number of ether oxygens (including phenoxy) is 1. The monoisotopic (exact) mass is 296 g/mol. The summed E-state index contributed by atoms with van der Waals surface area (Å²) in [6.45, 7) is 1.94. The molecular weight excluding hydrogens is 276 g/mol. The van der Waals surface area contributed by atoms with Crippen LogP contribution in [0.3, 0.4) is 0 Å². The van der Waals surface area contributed by atoms with E-state index in [0.29, 0.717) is 31.4 Å². The molecule has 1 aromatic rings. The standard InChI is InChI=1S/C15H20O4S/c1-10-3-4-11(19-2)7-14(10)15(16)8-12-5-6-13(9-15)20(12,17)18/h3-4,7,12-13,16H,5-6,8-9H2,1-2H3. The summed E-state index contributed by atoms with van der Waals surface area (Å²) < 4.78 is 29.6. The van der Waals surface area contributed by atoms with E-state index >= 15 is 0 Å². The predicted molar refractivity (Wildman–Crippen MR) is 76.6 cm³/mol. The van der Waals surface area contributed by atoms with E-state index in [1.807, 2.05) is 25.1 Å². The van der Waals surface area contributed by atoms with Gasteiger partial charge in [0.1, 0.15) is 5.75 Å². The van der Waals surface area contributed by atoms with Crippen molar-refractivity contribution in [2.75, 3.05) is 7.11 Å². The van der Waals surface area contributed by atoms with Gasteiger partial charge in [-0.3, -0.25) is 0 Å². The minimum absolute atomic E-state index is 0.305. The van der Waals surface area contributed by atoms with E-state index in [4.69, 9.17) is 4.74 Å². The molecule has 2 bridgehead atoms. The Morgan fingerprint density at radius 3 is 2.40 bits per heavy atom. The first kappa shape index (κ1) is 13.9. The van der Waals surface area contributed by atoms with Gasteiger partial charge in [-0.25, -0.2) is 8.42 Å². The highest BCUT2D eigenvalue weighted by atomic mass is 32.2. The molecule has 0 aliphatic carbocycles. The molecule has 2 aliphatic rings. The van der Waals surface area contributed by atoms with Gasteiger partial charge in [0.05, 0.1) is 23.2 Å². The fourth-order valence-corrected chi connectivity index (χ4v) is 6.18. The first-order valence-electron chi connectivity index (χ1n) is 6.97. The number of hydrogen-bond donors (Lipinski definition) is 1. The highest BCUT2D eigenvalue weighted by Crippen LogP contribution is 2.48. The van der Waals surface area contributed by atoms with Crippen LogP contribution in [0.1, 0.15) is 36.8 Å². The van der Waals surface area contributed by atoms with Crippen molar-refractivity contribution >= 4 is 9.84 Å². The van der Waals surface area contributed by atoms with Crippen LogP contribution in [0.2, 0.25) is 0 Å². The zero-order valence-electron chi connectivity index (χ0n) is 11.8. The summed E-state index contributed by atoms with van der Waals surface area (Å²) in [6.07, 6.45) is 1.97. The molecular formula is C15H20O4S. The Morgan fingerprint density at radius 1 is 1.25 bits per heavy atom. The van der Waals surface area contributed by atoms with Gasteiger partial charge < -0.3 is 9.84 Å². The third kappa shape index (κ3) is 1.95. The fraction of sp³-hybridized carbons (Fsp3) is 0.600. The Kier molecular flexibility index (Phi) is 3.10. The van der Waals surface area contributed by atoms with Crippen LogP contribution >= 0.6 is 0 Å². The molecule has 0 amide bonds. The van der Waals surface area contributed by atoms with Crippen molar-refractivity contribution in [1.82, 2.24) is 0 Å². The van der Waals surface area contributed by atoms with Crippen LogP contribution in [0.25, 0.3) is 0 Å². The molecule has 2 atom stereocenters. The van der Waals surface area contributed by atoms with Crippen LogP contribution in [0, 0.1) is 6.92 Å². The lowest BCUT2D eigenvalue weighted by atomic mass is 9.83. The molecule has 1 N–H and O–H groups in total. The molecule has 2 heterocycles. The Morgan fingerprint density at radius 2 is 1.85 bits per heavy atom. The average molecular weight is 296 g/mol. The van der Waals surface area contributed by atoms with Crippen molar-refractivity contribution in [3.05, 3.63) is 29.3 Å². The number of aliphatic hydroxyl groups is 1. The highest BCUT2D eigenvalue weighted by Gasteiger charge is 2.53. The van der Waals surface area contributed by atoms with Gasteiger partial charge in [-0.05, 0) is 55.9 Å². The maximum Gasteiger partial charge on any atom is 0.156 e. The Balaban J connectivity index is 2.03. The largest absolute Gasteiger partial charge is 0.497 e. The minimum Gasteiger partial charge on any atom is -0.497 e. The van der Waals surface area contributed by atoms with Gasteiger partial charge in [-0.2, -0.15) is 0 Å². The summed E-state index contributed by atoms with van der Waals surface area (Å²) >= 11 is 0. The number of methoxy groups -OCH3 is 1. The summed E-state index contributed by atoms with van der Waals surface area (Å²) in [5.41, 5.74) is 0.742. The van der Waals surface area contributed by atoms with Crippen LogP contribution in [0.4, 0.5) is 0 Å². The van der Waals surface area contributed by atoms with Crippen LogP contribution in [-0.2, 0) is 15.4 Å². The zero-order chi connectivity index (χ0) is 14.5. The summed E-state index contributed by atoms with van der Waals surface area (Å²) in [5.74, 6) is 0.694. The topological polar surface area (TPSA) is 63.6 Å². The first-order chi connectivity index (χ1) is 9.37. The van der Waals surface area contributed by atoms with Gasteiger partial charge in [-0.15, -0.1) is 0 Å². The van der Waals surface area contributed by atoms with Crippen LogP contribution in [0.5, 0.6) is 5.75 Å². The SMILES string of the molecule is COc1ccc(C)c(C2(O)CC3CCC(C2)S3(=O)=O)c1. The summed E-state index contributed by atoms with van der Waals surface area (Å²) in [4.78, 5) is 0. The van der Waals surface area contributed by atoms with E-state index in [-0.39, 0.29) is 0 Å². The zero-order valence-corrected chi connectivity index (χ0v) is 12.6. The number of aryl methyl sites for hydroxylation is 1. The van der Waals surface area contributed by atoms with E-state index in [1.54, 1.807) is 7.11 Å². The maximum absolute atomic E-state index is 12.2. The van der Waals surface area contributed by atoms with E-state index < -0.39 is 25.9 Å². The van der Waals surface area contributed by atoms with Crippen molar-refractivity contribution in [2.24, 2.45) is 0 Å². The van der Waals surface area contributed by atoms with Crippen LogP contribution < -0.4 is 4.74 Å². The second-order valence-electron chi connectivity index (χ2n) is 6.03. The van der Waals surface area contributed by atoms with Crippen molar-refractivity contribution in [3.63, 3.8) is 0 Å². The quantitative estimate of drug-likeness (QED) is 0.906. The normalized spacial score (nSPS) is 35.0. The fourth-order valence-electron chi connectivity index (χ4n) is 3.69. The van der Waals surface area contributed by atoms with Crippen LogP contribution in [0.15, 0.2) is 18.2 Å². The lowest BCUT2D eigenvalue weighted by Crippen LogP contribution is -2.43. The Labute approximate surface area is 119 Å². The van der Waals surface area contributed by atoms with Gasteiger partial charge in [0, 0.05) is 0 Å². The molecule has 20 heavy (non-hydrogen) atoms. The van der Waals surface area contributed by atoms with Gasteiger partial charge in [0.2, 0.25) is 0 Å². The highest BCUT2D eigenvalue weighted by molar-refractivity contribution is 7.93. The van der Waals surface area contributed by atoms with E-state index in [2.05, 4.69) is 0 Å². The van der Waals surface area contributed by atoms with Crippen molar-refractivity contribution in [3.8, 4) is 5.75 Å². The van der Waals surface area contributed by atoms with Gasteiger partial charge in [-0.1, -0.05) is 6.07 Å². The molecule has 2 aliphatic heterocycles. The molecule has 2 saturated heterocycles. The molecule has 2 unspecified atom stereocenters. The lowest BCUT2D eigenvalue weighted by Gasteiger charge is -2.37. The van der Waals surface area contributed by atoms with E-state index in [9.17, 15) is 13.5 Å². The molecule has 0 aromatic heterocycles. The molecule has 3 rings (SSSR count).